The van der Waals surface area contributed by atoms with Crippen molar-refractivity contribution in [2.75, 3.05) is 65.1 Å². The lowest BCUT2D eigenvalue weighted by atomic mass is 9.92. The van der Waals surface area contributed by atoms with Crippen LogP contribution in [0.25, 0.3) is 21.9 Å². The van der Waals surface area contributed by atoms with E-state index in [0.717, 1.165) is 66.5 Å². The summed E-state index contributed by atoms with van der Waals surface area (Å²) < 4.78 is 1.79. The van der Waals surface area contributed by atoms with Gasteiger partial charge in [0.2, 0.25) is 11.8 Å². The van der Waals surface area contributed by atoms with Crippen molar-refractivity contribution in [2.45, 2.75) is 50.6 Å². The summed E-state index contributed by atoms with van der Waals surface area (Å²) in [7, 11) is 2.17. The number of carbonyl (C=O) groups excluding carboxylic acids is 2. The van der Waals surface area contributed by atoms with E-state index in [-0.39, 0.29) is 30.0 Å². The van der Waals surface area contributed by atoms with Crippen molar-refractivity contribution in [1.82, 2.24) is 34.1 Å². The molecule has 0 unspecified atom stereocenters. The molecule has 0 aliphatic carbocycles. The van der Waals surface area contributed by atoms with Gasteiger partial charge in [0.1, 0.15) is 0 Å². The average Bonchev–Trinajstić information content (AvgIpc) is 3.49. The predicted octanol–water partition coefficient (Wildman–Crippen LogP) is 3.75. The molecule has 0 saturated carbocycles. The maximum absolute atomic E-state index is 14.2. The first kappa shape index (κ1) is 34.1. The molecule has 12 heteroatoms. The van der Waals surface area contributed by atoms with Gasteiger partial charge >= 0.3 is 5.69 Å². The first-order chi connectivity index (χ1) is 24.2. The number of piperidine rings is 2. The summed E-state index contributed by atoms with van der Waals surface area (Å²) in [4.78, 5) is 57.6. The fraction of sp³-hybridized carbons (Fsp3) is 0.474. The first-order valence-electron chi connectivity index (χ1n) is 17.7. The van der Waals surface area contributed by atoms with E-state index in [4.69, 9.17) is 23.8 Å². The van der Waals surface area contributed by atoms with Crippen LogP contribution in [0.4, 0.5) is 5.69 Å². The Kier molecular flexibility index (Phi) is 9.87. The van der Waals surface area contributed by atoms with E-state index >= 15 is 0 Å². The second-order valence-corrected chi connectivity index (χ2v) is 14.5. The van der Waals surface area contributed by atoms with Crippen molar-refractivity contribution in [3.05, 3.63) is 69.2 Å². The molecule has 0 bridgehead atoms. The molecule has 7 rings (SSSR count). The molecule has 0 radical (unpaired) electrons. The number of nitrogens with two attached hydrogens (primary N) is 1. The number of nitrogens with one attached hydrogen (secondary N) is 1. The van der Waals surface area contributed by atoms with Crippen LogP contribution in [0.15, 0.2) is 47.4 Å². The number of rotatable bonds is 7. The van der Waals surface area contributed by atoms with Gasteiger partial charge in [0, 0.05) is 68.7 Å². The Bertz CT molecular complexity index is 1990. The summed E-state index contributed by atoms with van der Waals surface area (Å²) in [6.45, 7) is 6.14. The van der Waals surface area contributed by atoms with Gasteiger partial charge in [0.25, 0.3) is 0 Å². The molecule has 2 amide bonds. The van der Waals surface area contributed by atoms with Crippen molar-refractivity contribution in [1.29, 1.82) is 0 Å². The highest BCUT2D eigenvalue weighted by Crippen LogP contribution is 2.30. The summed E-state index contributed by atoms with van der Waals surface area (Å²) in [5.74, 6) is 1.94. The van der Waals surface area contributed by atoms with Gasteiger partial charge in [0.05, 0.1) is 39.4 Å². The third-order valence-electron chi connectivity index (χ3n) is 11.1. The highest BCUT2D eigenvalue weighted by Gasteiger charge is 2.34. The van der Waals surface area contributed by atoms with E-state index in [1.165, 1.54) is 0 Å². The van der Waals surface area contributed by atoms with Crippen molar-refractivity contribution in [3.8, 4) is 12.3 Å². The number of terminal acetylenes is 1. The van der Waals surface area contributed by atoms with Crippen LogP contribution in [0.2, 0.25) is 5.02 Å². The van der Waals surface area contributed by atoms with Gasteiger partial charge in [-0.3, -0.25) is 24.0 Å². The number of piperazine rings is 1. The lowest BCUT2D eigenvalue weighted by molar-refractivity contribution is -0.143. The minimum Gasteiger partial charge on any atom is -0.397 e. The molecule has 2 aromatic carbocycles. The van der Waals surface area contributed by atoms with Crippen LogP contribution in [0.5, 0.6) is 0 Å². The number of aromatic nitrogens is 3. The molecular weight excluding hydrogens is 652 g/mol. The largest absolute Gasteiger partial charge is 0.397 e. The Morgan fingerprint density at radius 2 is 1.70 bits per heavy atom. The minimum absolute atomic E-state index is 0.0171. The molecule has 0 spiro atoms. The smallest absolute Gasteiger partial charge is 0.326 e. The number of anilines is 1. The molecule has 3 saturated heterocycles. The molecule has 5 heterocycles. The number of H-pyrrole nitrogens is 1. The first-order valence-corrected chi connectivity index (χ1v) is 18.1. The predicted molar refractivity (Wildman–Crippen MR) is 197 cm³/mol. The Morgan fingerprint density at radius 1 is 1.00 bits per heavy atom. The van der Waals surface area contributed by atoms with Crippen LogP contribution >= 0.6 is 11.6 Å². The third kappa shape index (κ3) is 6.84. The molecule has 50 heavy (non-hydrogen) atoms. The number of amides is 2. The van der Waals surface area contributed by atoms with Gasteiger partial charge in [-0.1, -0.05) is 35.7 Å². The molecule has 11 nitrogen and oxygen atoms in total. The van der Waals surface area contributed by atoms with Gasteiger partial charge < -0.3 is 25.4 Å². The number of aromatic amines is 1. The number of carbonyl (C=O) groups is 2. The van der Waals surface area contributed by atoms with Crippen LogP contribution in [-0.2, 0) is 16.0 Å². The standard InChI is InChI=1S/C38H45ClN8O3/c1-3-26-20-25(22-31(39)35(26)40)21-27(37(49)46-18-16-44(17-19-46)28-8-12-43(2)13-9-28)23-34(48)45-14-10-29(11-15-45)47-33-24-41-32-7-5-4-6-30(32)36(33)42-38(47)50/h1,4-7,20,22,24,27-29H,8-19,21,23,40H2,2H3,(H,42,50)/t27-/m0/s1. The average molecular weight is 697 g/mol. The van der Waals surface area contributed by atoms with E-state index in [2.05, 4.69) is 32.7 Å². The van der Waals surface area contributed by atoms with Crippen LogP contribution in [0.1, 0.15) is 49.3 Å². The highest BCUT2D eigenvalue weighted by molar-refractivity contribution is 6.33. The normalized spacial score (nSPS) is 19.2. The maximum atomic E-state index is 14.2. The molecule has 2 aromatic heterocycles. The zero-order chi connectivity index (χ0) is 34.9. The van der Waals surface area contributed by atoms with Crippen LogP contribution < -0.4 is 11.4 Å². The monoisotopic (exact) mass is 696 g/mol. The number of pyridine rings is 1. The van der Waals surface area contributed by atoms with E-state index < -0.39 is 5.92 Å². The molecule has 4 aromatic rings. The lowest BCUT2D eigenvalue weighted by Gasteiger charge is -2.43. The lowest BCUT2D eigenvalue weighted by Crippen LogP contribution is -2.55. The number of halogens is 1. The molecule has 3 fully saturated rings. The number of imidazole rings is 1. The molecule has 1 atom stereocenters. The molecular formula is C38H45ClN8O3. The zero-order valence-electron chi connectivity index (χ0n) is 28.6. The highest BCUT2D eigenvalue weighted by atomic mass is 35.5. The van der Waals surface area contributed by atoms with Crippen molar-refractivity contribution in [2.24, 2.45) is 5.92 Å². The number of benzene rings is 2. The molecule has 3 aliphatic heterocycles. The van der Waals surface area contributed by atoms with Gasteiger partial charge in [-0.15, -0.1) is 6.42 Å². The minimum atomic E-state index is -0.573. The van der Waals surface area contributed by atoms with E-state index in [0.29, 0.717) is 67.8 Å². The summed E-state index contributed by atoms with van der Waals surface area (Å²) in [5, 5.41) is 1.25. The summed E-state index contributed by atoms with van der Waals surface area (Å²) in [5.41, 5.74) is 9.91. The summed E-state index contributed by atoms with van der Waals surface area (Å²) in [6.07, 6.45) is 11.4. The second-order valence-electron chi connectivity index (χ2n) is 14.1. The number of hydrogen-bond donors (Lipinski definition) is 2. The number of fused-ring (bicyclic) bond motifs is 3. The summed E-state index contributed by atoms with van der Waals surface area (Å²) >= 11 is 6.44. The number of para-hydroxylation sites is 1. The van der Waals surface area contributed by atoms with E-state index in [9.17, 15) is 14.4 Å². The number of nitrogen functional groups attached to an aromatic ring is 1. The fourth-order valence-corrected chi connectivity index (χ4v) is 8.41. The third-order valence-corrected chi connectivity index (χ3v) is 11.4. The number of hydrogen-bond acceptors (Lipinski definition) is 7. The Labute approximate surface area is 297 Å². The van der Waals surface area contributed by atoms with Crippen molar-refractivity contribution < 1.29 is 9.59 Å². The summed E-state index contributed by atoms with van der Waals surface area (Å²) in [6, 6.07) is 11.8. The topological polar surface area (TPSA) is 124 Å². The number of nitrogens with zero attached hydrogens (tertiary/aromatic N) is 6. The van der Waals surface area contributed by atoms with Gasteiger partial charge in [-0.25, -0.2) is 4.79 Å². The van der Waals surface area contributed by atoms with Gasteiger partial charge in [-0.2, -0.15) is 0 Å². The van der Waals surface area contributed by atoms with Crippen molar-refractivity contribution >= 4 is 51.0 Å². The molecule has 262 valence electrons. The van der Waals surface area contributed by atoms with E-state index in [1.807, 2.05) is 34.1 Å². The number of likely N-dealkylation sites (tertiary alicyclic amines) is 2. The Morgan fingerprint density at radius 3 is 2.42 bits per heavy atom. The second kappa shape index (κ2) is 14.5. The van der Waals surface area contributed by atoms with Crippen LogP contribution in [0, 0.1) is 18.3 Å². The van der Waals surface area contributed by atoms with Crippen molar-refractivity contribution in [3.63, 3.8) is 0 Å². The van der Waals surface area contributed by atoms with Gasteiger partial charge in [0.15, 0.2) is 0 Å². The Balaban J connectivity index is 1.04. The van der Waals surface area contributed by atoms with E-state index in [1.54, 1.807) is 22.9 Å². The van der Waals surface area contributed by atoms with Gasteiger partial charge in [-0.05, 0) is 76.0 Å². The SMILES string of the molecule is C#Cc1cc(C[C@@H](CC(=O)N2CCC(n3c(=O)[nH]c4c5ccccc5ncc43)CC2)C(=O)N2CCN(C3CCN(C)CC3)CC2)cc(Cl)c1N. The fourth-order valence-electron chi connectivity index (χ4n) is 8.17. The Hall–Kier alpha value is -4.37. The quantitative estimate of drug-likeness (QED) is 0.223. The van der Waals surface area contributed by atoms with Crippen LogP contribution in [0.3, 0.4) is 0 Å². The molecule has 3 N–H and O–H groups in total. The van der Waals surface area contributed by atoms with Crippen LogP contribution in [-0.4, -0.2) is 111 Å². The zero-order valence-corrected chi connectivity index (χ0v) is 29.4. The maximum Gasteiger partial charge on any atom is 0.326 e. The molecule has 3 aliphatic rings.